The quantitative estimate of drug-likeness (QED) is 0.636. The van der Waals surface area contributed by atoms with Crippen LogP contribution in [-0.4, -0.2) is 10.1 Å². The fourth-order valence-electron chi connectivity index (χ4n) is 2.32. The topological polar surface area (TPSA) is 59.3 Å². The van der Waals surface area contributed by atoms with Crippen LogP contribution in [0, 0.1) is 0 Å². The van der Waals surface area contributed by atoms with Gasteiger partial charge in [-0.05, 0) is 35.9 Å². The van der Waals surface area contributed by atoms with E-state index in [-0.39, 0.29) is 17.4 Å². The van der Waals surface area contributed by atoms with Crippen molar-refractivity contribution in [2.24, 2.45) is 0 Å². The van der Waals surface area contributed by atoms with Gasteiger partial charge in [0.15, 0.2) is 5.76 Å². The van der Waals surface area contributed by atoms with Crippen LogP contribution in [0.5, 0.6) is 0 Å². The van der Waals surface area contributed by atoms with E-state index < -0.39 is 10.8 Å². The average Bonchev–Trinajstić information content (AvgIpc) is 3.09. The molecule has 0 radical (unpaired) electrons. The van der Waals surface area contributed by atoms with Crippen molar-refractivity contribution in [3.8, 4) is 0 Å². The van der Waals surface area contributed by atoms with Crippen LogP contribution in [0.1, 0.15) is 21.9 Å². The number of nitrogens with one attached hydrogen (secondary N) is 1. The van der Waals surface area contributed by atoms with Crippen molar-refractivity contribution in [2.45, 2.75) is 17.2 Å². The van der Waals surface area contributed by atoms with Gasteiger partial charge in [-0.3, -0.25) is 9.00 Å². The zero-order valence-corrected chi connectivity index (χ0v) is 15.9. The fourth-order valence-corrected chi connectivity index (χ4v) is 4.00. The standard InChI is InChI=1S/C19H15Cl2NO3S/c20-15-6-2-1-5-13(15)11-22-19(23)17-10-9-14(25-17)12-26(24)18-8-4-3-7-16(18)21/h1-10H,11-12H2,(H,22,23)/t26-/m0/s1. The number of carbonyl (C=O) groups excluding carboxylic acids is 1. The molecule has 4 nitrogen and oxygen atoms in total. The van der Waals surface area contributed by atoms with E-state index in [1.165, 1.54) is 0 Å². The molecular formula is C19H15Cl2NO3S. The molecule has 2 aromatic carbocycles. The van der Waals surface area contributed by atoms with Gasteiger partial charge in [0, 0.05) is 11.6 Å². The van der Waals surface area contributed by atoms with Gasteiger partial charge >= 0.3 is 0 Å². The molecule has 7 heteroatoms. The van der Waals surface area contributed by atoms with Crippen molar-refractivity contribution in [1.29, 1.82) is 0 Å². The normalized spacial score (nSPS) is 11.9. The number of carbonyl (C=O) groups is 1. The number of furan rings is 1. The highest BCUT2D eigenvalue weighted by Crippen LogP contribution is 2.22. The van der Waals surface area contributed by atoms with Crippen LogP contribution in [0.4, 0.5) is 0 Å². The van der Waals surface area contributed by atoms with Crippen molar-refractivity contribution in [3.63, 3.8) is 0 Å². The van der Waals surface area contributed by atoms with Crippen LogP contribution >= 0.6 is 23.2 Å². The van der Waals surface area contributed by atoms with E-state index in [0.29, 0.717) is 27.2 Å². The first-order valence-electron chi connectivity index (χ1n) is 7.78. The largest absolute Gasteiger partial charge is 0.455 e. The molecule has 0 aliphatic rings. The van der Waals surface area contributed by atoms with E-state index in [0.717, 1.165) is 5.56 Å². The van der Waals surface area contributed by atoms with Crippen LogP contribution in [0.3, 0.4) is 0 Å². The van der Waals surface area contributed by atoms with E-state index in [2.05, 4.69) is 5.32 Å². The van der Waals surface area contributed by atoms with E-state index in [1.54, 1.807) is 42.5 Å². The Morgan fingerprint density at radius 2 is 1.65 bits per heavy atom. The molecule has 0 saturated carbocycles. The van der Waals surface area contributed by atoms with Crippen molar-refractivity contribution >= 4 is 39.9 Å². The second-order valence-electron chi connectivity index (χ2n) is 5.46. The van der Waals surface area contributed by atoms with Crippen molar-refractivity contribution in [2.75, 3.05) is 0 Å². The molecular weight excluding hydrogens is 393 g/mol. The predicted molar refractivity (Wildman–Crippen MR) is 103 cm³/mol. The maximum atomic E-state index is 12.4. The fraction of sp³-hybridized carbons (Fsp3) is 0.105. The lowest BCUT2D eigenvalue weighted by Gasteiger charge is -2.05. The summed E-state index contributed by atoms with van der Waals surface area (Å²) in [5.41, 5.74) is 0.814. The zero-order chi connectivity index (χ0) is 18.5. The third-order valence-corrected chi connectivity index (χ3v) is 5.84. The lowest BCUT2D eigenvalue weighted by molar-refractivity contribution is 0.0921. The van der Waals surface area contributed by atoms with Gasteiger partial charge in [-0.25, -0.2) is 0 Å². The van der Waals surface area contributed by atoms with E-state index in [9.17, 15) is 9.00 Å². The molecule has 0 bridgehead atoms. The summed E-state index contributed by atoms with van der Waals surface area (Å²) >= 11 is 12.1. The first-order chi connectivity index (χ1) is 12.5. The van der Waals surface area contributed by atoms with Crippen LogP contribution in [0.15, 0.2) is 70.0 Å². The number of halogens is 2. The summed E-state index contributed by atoms with van der Waals surface area (Å²) < 4.78 is 17.9. The van der Waals surface area contributed by atoms with Crippen LogP contribution in [-0.2, 0) is 23.1 Å². The number of hydrogen-bond donors (Lipinski definition) is 1. The first kappa shape index (κ1) is 18.7. The SMILES string of the molecule is O=C(NCc1ccccc1Cl)c1ccc(C[S@](=O)c2ccccc2Cl)o1. The van der Waals surface area contributed by atoms with Gasteiger partial charge in [0.2, 0.25) is 0 Å². The molecule has 1 amide bonds. The minimum Gasteiger partial charge on any atom is -0.455 e. The van der Waals surface area contributed by atoms with Gasteiger partial charge < -0.3 is 9.73 Å². The lowest BCUT2D eigenvalue weighted by Crippen LogP contribution is -2.22. The molecule has 134 valence electrons. The first-order valence-corrected chi connectivity index (χ1v) is 9.85. The minimum atomic E-state index is -1.36. The number of amides is 1. The van der Waals surface area contributed by atoms with Gasteiger partial charge in [-0.1, -0.05) is 53.5 Å². The molecule has 1 N–H and O–H groups in total. The third-order valence-electron chi connectivity index (χ3n) is 3.64. The second kappa shape index (κ2) is 8.54. The summed E-state index contributed by atoms with van der Waals surface area (Å²) in [6.07, 6.45) is 0. The second-order valence-corrected chi connectivity index (χ2v) is 7.69. The van der Waals surface area contributed by atoms with Crippen LogP contribution < -0.4 is 5.32 Å². The Kier molecular flexibility index (Phi) is 6.14. The van der Waals surface area contributed by atoms with Crippen molar-refractivity contribution < 1.29 is 13.4 Å². The maximum Gasteiger partial charge on any atom is 0.287 e. The molecule has 0 aliphatic carbocycles. The van der Waals surface area contributed by atoms with Gasteiger partial charge in [0.25, 0.3) is 5.91 Å². The summed E-state index contributed by atoms with van der Waals surface area (Å²) in [5.74, 6) is 0.385. The predicted octanol–water partition coefficient (Wildman–Crippen LogP) is 4.82. The Morgan fingerprint density at radius 1 is 0.962 bits per heavy atom. The molecule has 0 saturated heterocycles. The average molecular weight is 408 g/mol. The Hall–Kier alpha value is -2.08. The summed E-state index contributed by atoms with van der Waals surface area (Å²) in [4.78, 5) is 12.7. The van der Waals surface area contributed by atoms with Crippen LogP contribution in [0.25, 0.3) is 0 Å². The molecule has 1 atom stereocenters. The van der Waals surface area contributed by atoms with Gasteiger partial charge in [0.1, 0.15) is 5.76 Å². The highest BCUT2D eigenvalue weighted by Gasteiger charge is 2.15. The molecule has 0 spiro atoms. The molecule has 26 heavy (non-hydrogen) atoms. The van der Waals surface area contributed by atoms with Crippen LogP contribution in [0.2, 0.25) is 10.0 Å². The summed E-state index contributed by atoms with van der Waals surface area (Å²) in [5, 5.41) is 3.78. The highest BCUT2D eigenvalue weighted by atomic mass is 35.5. The molecule has 3 aromatic rings. The Bertz CT molecular complexity index is 955. The third kappa shape index (κ3) is 4.55. The van der Waals surface area contributed by atoms with E-state index in [4.69, 9.17) is 27.6 Å². The highest BCUT2D eigenvalue weighted by molar-refractivity contribution is 7.84. The number of rotatable bonds is 6. The Balaban J connectivity index is 1.62. The molecule has 0 fully saturated rings. The smallest absolute Gasteiger partial charge is 0.287 e. The van der Waals surface area contributed by atoms with Gasteiger partial charge in [0.05, 0.1) is 26.5 Å². The molecule has 1 heterocycles. The Morgan fingerprint density at radius 3 is 2.38 bits per heavy atom. The van der Waals surface area contributed by atoms with Crippen molar-refractivity contribution in [3.05, 3.63) is 87.8 Å². The van der Waals surface area contributed by atoms with E-state index in [1.807, 2.05) is 18.2 Å². The molecule has 0 aliphatic heterocycles. The number of hydrogen-bond acceptors (Lipinski definition) is 3. The molecule has 0 unspecified atom stereocenters. The van der Waals surface area contributed by atoms with Gasteiger partial charge in [-0.2, -0.15) is 0 Å². The number of benzene rings is 2. The van der Waals surface area contributed by atoms with Gasteiger partial charge in [-0.15, -0.1) is 0 Å². The van der Waals surface area contributed by atoms with Crippen molar-refractivity contribution in [1.82, 2.24) is 5.32 Å². The summed E-state index contributed by atoms with van der Waals surface area (Å²) in [6, 6.07) is 17.4. The summed E-state index contributed by atoms with van der Waals surface area (Å²) in [7, 11) is -1.36. The summed E-state index contributed by atoms with van der Waals surface area (Å²) in [6.45, 7) is 0.292. The molecule has 1 aromatic heterocycles. The van der Waals surface area contributed by atoms with E-state index >= 15 is 0 Å². The monoisotopic (exact) mass is 407 g/mol. The minimum absolute atomic E-state index is 0.140. The zero-order valence-electron chi connectivity index (χ0n) is 13.6. The lowest BCUT2D eigenvalue weighted by atomic mass is 10.2. The Labute approximate surface area is 163 Å². The maximum absolute atomic E-state index is 12.4. The molecule has 3 rings (SSSR count).